The van der Waals surface area contributed by atoms with Crippen molar-refractivity contribution in [2.45, 2.75) is 25.9 Å². The maximum atomic E-state index is 11.1. The molecule has 0 heterocycles. The Kier molecular flexibility index (Phi) is 7.82. The van der Waals surface area contributed by atoms with Crippen LogP contribution in [0.1, 0.15) is 19.8 Å². The molecule has 5 nitrogen and oxygen atoms in total. The summed E-state index contributed by atoms with van der Waals surface area (Å²) in [5, 5.41) is 8.95. The summed E-state index contributed by atoms with van der Waals surface area (Å²) in [7, 11) is -4.01. The molecule has 0 amide bonds. The second kappa shape index (κ2) is 7.63. The molecule has 0 aromatic carbocycles. The van der Waals surface area contributed by atoms with Crippen LogP contribution >= 0.6 is 19.4 Å². The summed E-state index contributed by atoms with van der Waals surface area (Å²) in [5.41, 5.74) is 0. The second-order valence-electron chi connectivity index (χ2n) is 2.76. The zero-order valence-corrected chi connectivity index (χ0v) is 9.71. The zero-order chi connectivity index (χ0) is 11.0. The molecule has 0 saturated carbocycles. The van der Waals surface area contributed by atoms with Gasteiger partial charge in [0.25, 0.3) is 0 Å². The van der Waals surface area contributed by atoms with Gasteiger partial charge in [-0.3, -0.25) is 9.05 Å². The van der Waals surface area contributed by atoms with Gasteiger partial charge in [-0.05, 0) is 6.42 Å². The third kappa shape index (κ3) is 7.74. The molecule has 7 heteroatoms. The lowest BCUT2D eigenvalue weighted by Crippen LogP contribution is -2.16. The van der Waals surface area contributed by atoms with Gasteiger partial charge < -0.3 is 10.00 Å². The SMILES string of the molecule is CCCCOP(=O)(O)OCC(O)CCl. The monoisotopic (exact) mass is 246 g/mol. The first-order valence-electron chi connectivity index (χ1n) is 4.37. The van der Waals surface area contributed by atoms with E-state index in [1.165, 1.54) is 0 Å². The van der Waals surface area contributed by atoms with Crippen molar-refractivity contribution in [1.82, 2.24) is 0 Å². The first-order valence-corrected chi connectivity index (χ1v) is 6.40. The highest BCUT2D eigenvalue weighted by atomic mass is 35.5. The van der Waals surface area contributed by atoms with E-state index in [9.17, 15) is 4.57 Å². The van der Waals surface area contributed by atoms with Crippen molar-refractivity contribution in [3.8, 4) is 0 Å². The summed E-state index contributed by atoms with van der Waals surface area (Å²) in [6.07, 6.45) is 0.600. The van der Waals surface area contributed by atoms with E-state index in [1.807, 2.05) is 6.92 Å². The van der Waals surface area contributed by atoms with Gasteiger partial charge in [-0.25, -0.2) is 4.57 Å². The number of phosphoric ester groups is 1. The summed E-state index contributed by atoms with van der Waals surface area (Å²) in [6.45, 7) is 1.80. The molecule has 2 unspecified atom stereocenters. The molecule has 14 heavy (non-hydrogen) atoms. The minimum Gasteiger partial charge on any atom is -0.389 e. The zero-order valence-electron chi connectivity index (χ0n) is 8.06. The lowest BCUT2D eigenvalue weighted by atomic mass is 10.4. The maximum Gasteiger partial charge on any atom is 0.472 e. The average Bonchev–Trinajstić information content (AvgIpc) is 2.14. The molecule has 0 rings (SSSR count). The normalized spacial score (nSPS) is 17.7. The fourth-order valence-corrected chi connectivity index (χ4v) is 1.47. The van der Waals surface area contributed by atoms with Gasteiger partial charge >= 0.3 is 7.82 Å². The number of aliphatic hydroxyl groups is 1. The molecule has 2 N–H and O–H groups in total. The number of aliphatic hydroxyl groups excluding tert-OH is 1. The van der Waals surface area contributed by atoms with Crippen molar-refractivity contribution < 1.29 is 23.6 Å². The summed E-state index contributed by atoms with van der Waals surface area (Å²) in [6, 6.07) is 0. The molecule has 0 aliphatic carbocycles. The van der Waals surface area contributed by atoms with Crippen LogP contribution in [0.2, 0.25) is 0 Å². The van der Waals surface area contributed by atoms with Crippen LogP contribution in [0.4, 0.5) is 0 Å². The van der Waals surface area contributed by atoms with Crippen molar-refractivity contribution in [2.24, 2.45) is 0 Å². The highest BCUT2D eigenvalue weighted by Crippen LogP contribution is 2.43. The summed E-state index contributed by atoms with van der Waals surface area (Å²) >= 11 is 5.27. The smallest absolute Gasteiger partial charge is 0.389 e. The molecule has 0 fully saturated rings. The molecule has 86 valence electrons. The topological polar surface area (TPSA) is 76.0 Å². The Morgan fingerprint density at radius 3 is 2.64 bits per heavy atom. The van der Waals surface area contributed by atoms with Crippen molar-refractivity contribution in [2.75, 3.05) is 19.1 Å². The predicted octanol–water partition coefficient (Wildman–Crippen LogP) is 1.52. The summed E-state index contributed by atoms with van der Waals surface area (Å²) < 4.78 is 20.1. The number of alkyl halides is 1. The van der Waals surface area contributed by atoms with Gasteiger partial charge in [0, 0.05) is 0 Å². The van der Waals surface area contributed by atoms with Crippen LogP contribution in [0.25, 0.3) is 0 Å². The molecule has 0 aromatic rings. The van der Waals surface area contributed by atoms with Gasteiger partial charge in [-0.1, -0.05) is 13.3 Å². The Bertz CT molecular complexity index is 189. The van der Waals surface area contributed by atoms with Crippen molar-refractivity contribution in [3.05, 3.63) is 0 Å². The van der Waals surface area contributed by atoms with E-state index in [4.69, 9.17) is 21.6 Å². The predicted molar refractivity (Wildman–Crippen MR) is 53.4 cm³/mol. The molecular formula is C7H16ClO5P. The van der Waals surface area contributed by atoms with Crippen molar-refractivity contribution in [1.29, 1.82) is 0 Å². The Morgan fingerprint density at radius 2 is 2.14 bits per heavy atom. The van der Waals surface area contributed by atoms with E-state index < -0.39 is 13.9 Å². The Balaban J connectivity index is 3.66. The Labute approximate surface area is 88.6 Å². The van der Waals surface area contributed by atoms with Crippen LogP contribution in [-0.4, -0.2) is 35.2 Å². The van der Waals surface area contributed by atoms with Gasteiger partial charge in [0.1, 0.15) is 0 Å². The van der Waals surface area contributed by atoms with Crippen molar-refractivity contribution >= 4 is 19.4 Å². The average molecular weight is 247 g/mol. The van der Waals surface area contributed by atoms with Crippen LogP contribution in [0.5, 0.6) is 0 Å². The van der Waals surface area contributed by atoms with E-state index in [-0.39, 0.29) is 19.1 Å². The lowest BCUT2D eigenvalue weighted by Gasteiger charge is -2.13. The summed E-state index contributed by atoms with van der Waals surface area (Å²) in [4.78, 5) is 9.04. The molecular weight excluding hydrogens is 230 g/mol. The first kappa shape index (κ1) is 14.4. The highest BCUT2D eigenvalue weighted by molar-refractivity contribution is 7.47. The molecule has 0 aliphatic rings. The van der Waals surface area contributed by atoms with E-state index in [2.05, 4.69) is 9.05 Å². The van der Waals surface area contributed by atoms with Gasteiger partial charge in [0.2, 0.25) is 0 Å². The fraction of sp³-hybridized carbons (Fsp3) is 1.00. The minimum atomic E-state index is -4.01. The molecule has 0 saturated heterocycles. The van der Waals surface area contributed by atoms with Gasteiger partial charge in [0.15, 0.2) is 0 Å². The number of halogens is 1. The van der Waals surface area contributed by atoms with Crippen LogP contribution in [0, 0.1) is 0 Å². The third-order valence-electron chi connectivity index (χ3n) is 1.36. The molecule has 0 bridgehead atoms. The van der Waals surface area contributed by atoms with E-state index >= 15 is 0 Å². The number of hydrogen-bond acceptors (Lipinski definition) is 4. The quantitative estimate of drug-likeness (QED) is 0.386. The Hall–Kier alpha value is 0.360. The van der Waals surface area contributed by atoms with Crippen molar-refractivity contribution in [3.63, 3.8) is 0 Å². The second-order valence-corrected chi connectivity index (χ2v) is 4.52. The van der Waals surface area contributed by atoms with Gasteiger partial charge in [-0.2, -0.15) is 0 Å². The van der Waals surface area contributed by atoms with E-state index in [1.54, 1.807) is 0 Å². The number of hydrogen-bond donors (Lipinski definition) is 2. The first-order chi connectivity index (χ1) is 6.52. The maximum absolute atomic E-state index is 11.1. The fourth-order valence-electron chi connectivity index (χ4n) is 0.586. The number of phosphoric acid groups is 1. The lowest BCUT2D eigenvalue weighted by molar-refractivity contribution is 0.0842. The minimum absolute atomic E-state index is 0.0467. The molecule has 0 aromatic heterocycles. The van der Waals surface area contributed by atoms with Crippen LogP contribution in [-0.2, 0) is 13.6 Å². The Morgan fingerprint density at radius 1 is 1.50 bits per heavy atom. The molecule has 0 spiro atoms. The molecule has 2 atom stereocenters. The number of unbranched alkanes of at least 4 members (excludes halogenated alkanes) is 1. The summed E-state index contributed by atoms with van der Waals surface area (Å²) in [5.74, 6) is -0.0467. The van der Waals surface area contributed by atoms with Crippen LogP contribution < -0.4 is 0 Å². The highest BCUT2D eigenvalue weighted by Gasteiger charge is 2.21. The molecule has 0 aliphatic heterocycles. The number of rotatable bonds is 8. The van der Waals surface area contributed by atoms with E-state index in [0.29, 0.717) is 6.42 Å². The van der Waals surface area contributed by atoms with Gasteiger partial charge in [0.05, 0.1) is 25.2 Å². The van der Waals surface area contributed by atoms with Crippen LogP contribution in [0.3, 0.4) is 0 Å². The molecule has 0 radical (unpaired) electrons. The van der Waals surface area contributed by atoms with Gasteiger partial charge in [-0.15, -0.1) is 11.6 Å². The van der Waals surface area contributed by atoms with Crippen LogP contribution in [0.15, 0.2) is 0 Å². The third-order valence-corrected chi connectivity index (χ3v) is 2.70. The largest absolute Gasteiger partial charge is 0.472 e. The standard InChI is InChI=1S/C7H16ClO5P/c1-2-3-4-12-14(10,11)13-6-7(9)5-8/h7,9H,2-6H2,1H3,(H,10,11). The van der Waals surface area contributed by atoms with E-state index in [0.717, 1.165) is 6.42 Å².